The average molecular weight is 439 g/mol. The van der Waals surface area contributed by atoms with Crippen molar-refractivity contribution in [3.05, 3.63) is 70.4 Å². The van der Waals surface area contributed by atoms with E-state index >= 15 is 0 Å². The van der Waals surface area contributed by atoms with E-state index in [1.807, 2.05) is 36.4 Å². The number of halogens is 1. The second kappa shape index (κ2) is 9.56. The molecule has 2 aromatic carbocycles. The summed E-state index contributed by atoms with van der Waals surface area (Å²) in [6.45, 7) is 4.53. The van der Waals surface area contributed by atoms with E-state index in [9.17, 15) is 9.59 Å². The van der Waals surface area contributed by atoms with Crippen LogP contribution in [0, 0.1) is 0 Å². The van der Waals surface area contributed by atoms with Crippen molar-refractivity contribution in [3.63, 3.8) is 0 Å². The van der Waals surface area contributed by atoms with Crippen LogP contribution in [0.2, 0.25) is 5.02 Å². The molecule has 2 aromatic rings. The van der Waals surface area contributed by atoms with Crippen LogP contribution in [0.15, 0.2) is 54.2 Å². The van der Waals surface area contributed by atoms with Crippen LogP contribution < -0.4 is 4.74 Å². The van der Waals surface area contributed by atoms with Gasteiger partial charge in [-0.15, -0.1) is 0 Å². The molecule has 0 bridgehead atoms. The Kier molecular flexibility index (Phi) is 6.62. The summed E-state index contributed by atoms with van der Waals surface area (Å²) in [5, 5.41) is 0.626. The molecule has 1 saturated heterocycles. The predicted octanol–water partition coefficient (Wildman–Crippen LogP) is 4.89. The maximum Gasteiger partial charge on any atom is 0.278 e. The van der Waals surface area contributed by atoms with E-state index in [0.717, 1.165) is 55.6 Å². The van der Waals surface area contributed by atoms with Crippen molar-refractivity contribution < 1.29 is 14.3 Å². The van der Waals surface area contributed by atoms with E-state index in [0.29, 0.717) is 22.9 Å². The number of carbonyl (C=O) groups is 2. The number of imide groups is 1. The number of carbonyl (C=O) groups excluding carboxylic acids is 2. The van der Waals surface area contributed by atoms with Crippen molar-refractivity contribution in [1.29, 1.82) is 0 Å². The van der Waals surface area contributed by atoms with Gasteiger partial charge in [-0.3, -0.25) is 14.5 Å². The van der Waals surface area contributed by atoms with E-state index in [4.69, 9.17) is 16.3 Å². The molecule has 5 nitrogen and oxygen atoms in total. The first-order chi connectivity index (χ1) is 15.1. The van der Waals surface area contributed by atoms with Crippen molar-refractivity contribution >= 4 is 29.0 Å². The second-order valence-electron chi connectivity index (χ2n) is 7.97. The molecule has 0 spiro atoms. The van der Waals surface area contributed by atoms with Gasteiger partial charge in [0.25, 0.3) is 11.8 Å². The number of piperidine rings is 1. The van der Waals surface area contributed by atoms with Crippen LogP contribution in [0.25, 0.3) is 5.57 Å². The number of benzene rings is 2. The van der Waals surface area contributed by atoms with Gasteiger partial charge in [0.05, 0.1) is 18.7 Å². The summed E-state index contributed by atoms with van der Waals surface area (Å²) in [5.41, 5.74) is 2.64. The zero-order chi connectivity index (χ0) is 21.8. The minimum absolute atomic E-state index is 0.219. The maximum absolute atomic E-state index is 13.5. The lowest BCUT2D eigenvalue weighted by atomic mass is 10.0. The zero-order valence-electron chi connectivity index (χ0n) is 17.8. The van der Waals surface area contributed by atoms with E-state index in [2.05, 4.69) is 11.8 Å². The van der Waals surface area contributed by atoms with Gasteiger partial charge in [0, 0.05) is 18.1 Å². The standard InChI is InChI=1S/C25H27ClN2O3/c1-2-16-31-21-12-8-19(9-13-21)22-23(27-14-4-3-5-15-27)25(30)28(24(22)29)17-18-6-10-20(26)11-7-18/h6-13H,2-5,14-17H2,1H3. The lowest BCUT2D eigenvalue weighted by molar-refractivity contribution is -0.138. The molecule has 0 saturated carbocycles. The number of likely N-dealkylation sites (tertiary alicyclic amines) is 1. The highest BCUT2D eigenvalue weighted by atomic mass is 35.5. The van der Waals surface area contributed by atoms with Crippen LogP contribution in [-0.4, -0.2) is 41.3 Å². The Morgan fingerprint density at radius 3 is 2.23 bits per heavy atom. The Morgan fingerprint density at radius 2 is 1.58 bits per heavy atom. The van der Waals surface area contributed by atoms with Gasteiger partial charge in [0.2, 0.25) is 0 Å². The number of rotatable bonds is 7. The molecule has 0 aromatic heterocycles. The summed E-state index contributed by atoms with van der Waals surface area (Å²) in [4.78, 5) is 30.3. The molecule has 0 atom stereocenters. The fourth-order valence-corrected chi connectivity index (χ4v) is 4.21. The van der Waals surface area contributed by atoms with E-state index in [1.165, 1.54) is 4.90 Å². The summed E-state index contributed by atoms with van der Waals surface area (Å²) < 4.78 is 5.67. The van der Waals surface area contributed by atoms with Crippen molar-refractivity contribution in [2.24, 2.45) is 0 Å². The molecule has 162 valence electrons. The SMILES string of the molecule is CCCOc1ccc(C2=C(N3CCCCC3)C(=O)N(Cc3ccc(Cl)cc3)C2=O)cc1. The Labute approximate surface area is 188 Å². The summed E-state index contributed by atoms with van der Waals surface area (Å²) in [5.74, 6) is 0.298. The van der Waals surface area contributed by atoms with Gasteiger partial charge in [-0.1, -0.05) is 42.8 Å². The Balaban J connectivity index is 1.67. The minimum atomic E-state index is -0.247. The Hall–Kier alpha value is -2.79. The second-order valence-corrected chi connectivity index (χ2v) is 8.40. The van der Waals surface area contributed by atoms with Crippen LogP contribution in [0.4, 0.5) is 0 Å². The largest absolute Gasteiger partial charge is 0.494 e. The van der Waals surface area contributed by atoms with E-state index in [-0.39, 0.29) is 18.4 Å². The molecule has 2 aliphatic heterocycles. The van der Waals surface area contributed by atoms with Crippen molar-refractivity contribution in [3.8, 4) is 5.75 Å². The monoisotopic (exact) mass is 438 g/mol. The number of nitrogens with zero attached hydrogens (tertiary/aromatic N) is 2. The summed E-state index contributed by atoms with van der Waals surface area (Å²) in [7, 11) is 0. The molecule has 4 rings (SSSR count). The molecule has 31 heavy (non-hydrogen) atoms. The minimum Gasteiger partial charge on any atom is -0.494 e. The van der Waals surface area contributed by atoms with Gasteiger partial charge < -0.3 is 9.64 Å². The number of hydrogen-bond donors (Lipinski definition) is 0. The maximum atomic E-state index is 13.5. The fourth-order valence-electron chi connectivity index (χ4n) is 4.09. The van der Waals surface area contributed by atoms with E-state index in [1.54, 1.807) is 12.1 Å². The Bertz CT molecular complexity index is 977. The lowest BCUT2D eigenvalue weighted by Gasteiger charge is -2.29. The van der Waals surface area contributed by atoms with Gasteiger partial charge in [-0.05, 0) is 61.1 Å². The third-order valence-electron chi connectivity index (χ3n) is 5.69. The highest BCUT2D eigenvalue weighted by Crippen LogP contribution is 2.34. The number of amides is 2. The number of hydrogen-bond acceptors (Lipinski definition) is 4. The first-order valence-corrected chi connectivity index (χ1v) is 11.3. The molecule has 6 heteroatoms. The van der Waals surface area contributed by atoms with Crippen LogP contribution in [0.3, 0.4) is 0 Å². The quantitative estimate of drug-likeness (QED) is 0.577. The van der Waals surface area contributed by atoms with Gasteiger partial charge in [-0.25, -0.2) is 0 Å². The molecule has 2 amide bonds. The first kappa shape index (κ1) is 21.4. The van der Waals surface area contributed by atoms with Crippen LogP contribution >= 0.6 is 11.6 Å². The third kappa shape index (κ3) is 4.62. The van der Waals surface area contributed by atoms with E-state index < -0.39 is 0 Å². The van der Waals surface area contributed by atoms with Crippen LogP contribution in [0.5, 0.6) is 5.75 Å². The highest BCUT2D eigenvalue weighted by Gasteiger charge is 2.41. The molecule has 0 radical (unpaired) electrons. The Morgan fingerprint density at radius 1 is 0.903 bits per heavy atom. The zero-order valence-corrected chi connectivity index (χ0v) is 18.5. The third-order valence-corrected chi connectivity index (χ3v) is 5.94. The topological polar surface area (TPSA) is 49.9 Å². The van der Waals surface area contributed by atoms with Gasteiger partial charge in [0.15, 0.2) is 0 Å². The number of ether oxygens (including phenoxy) is 1. The van der Waals surface area contributed by atoms with Gasteiger partial charge in [-0.2, -0.15) is 0 Å². The molecule has 0 N–H and O–H groups in total. The van der Waals surface area contributed by atoms with Crippen molar-refractivity contribution in [1.82, 2.24) is 9.80 Å². The lowest BCUT2D eigenvalue weighted by Crippen LogP contribution is -2.36. The molecular weight excluding hydrogens is 412 g/mol. The molecular formula is C25H27ClN2O3. The molecule has 1 fully saturated rings. The first-order valence-electron chi connectivity index (χ1n) is 10.9. The molecule has 2 heterocycles. The summed E-state index contributed by atoms with van der Waals surface area (Å²) >= 11 is 5.99. The van der Waals surface area contributed by atoms with Crippen molar-refractivity contribution in [2.45, 2.75) is 39.2 Å². The summed E-state index contributed by atoms with van der Waals surface area (Å²) in [6.07, 6.45) is 4.14. The average Bonchev–Trinajstić information content (AvgIpc) is 3.05. The molecule has 0 aliphatic carbocycles. The fraction of sp³-hybridized carbons (Fsp3) is 0.360. The van der Waals surface area contributed by atoms with Crippen LogP contribution in [-0.2, 0) is 16.1 Å². The van der Waals surface area contributed by atoms with Crippen LogP contribution in [0.1, 0.15) is 43.7 Å². The van der Waals surface area contributed by atoms with Gasteiger partial charge in [0.1, 0.15) is 11.4 Å². The summed E-state index contributed by atoms with van der Waals surface area (Å²) in [6, 6.07) is 14.7. The van der Waals surface area contributed by atoms with Crippen molar-refractivity contribution in [2.75, 3.05) is 19.7 Å². The normalized spacial score (nSPS) is 17.0. The molecule has 2 aliphatic rings. The molecule has 0 unspecified atom stereocenters. The smallest absolute Gasteiger partial charge is 0.278 e. The predicted molar refractivity (Wildman–Crippen MR) is 122 cm³/mol. The van der Waals surface area contributed by atoms with Gasteiger partial charge >= 0.3 is 0 Å². The highest BCUT2D eigenvalue weighted by molar-refractivity contribution is 6.35.